The van der Waals surface area contributed by atoms with E-state index < -0.39 is 0 Å². The van der Waals surface area contributed by atoms with E-state index in [4.69, 9.17) is 5.10 Å². The Morgan fingerprint density at radius 2 is 1.83 bits per heavy atom. The van der Waals surface area contributed by atoms with E-state index in [2.05, 4.69) is 56.7 Å². The molecule has 2 aliphatic heterocycles. The third-order valence-corrected chi connectivity index (χ3v) is 8.63. The first kappa shape index (κ1) is 24.1. The third-order valence-electron chi connectivity index (χ3n) is 6.68. The molecule has 3 aromatic rings. The number of carbonyl (C=O) groups excluding carboxylic acids is 2. The van der Waals surface area contributed by atoms with Crippen molar-refractivity contribution in [3.63, 3.8) is 0 Å². The van der Waals surface area contributed by atoms with Crippen LogP contribution in [0, 0.1) is 6.92 Å². The number of rotatable bonds is 4. The topological polar surface area (TPSA) is 58.4 Å². The fraction of sp³-hybridized carbons (Fsp3) is 0.444. The lowest BCUT2D eigenvalue weighted by molar-refractivity contribution is -0.130. The van der Waals surface area contributed by atoms with E-state index in [-0.39, 0.29) is 29.0 Å². The van der Waals surface area contributed by atoms with Crippen LogP contribution < -0.4 is 4.90 Å². The molecule has 0 bridgehead atoms. The van der Waals surface area contributed by atoms with Gasteiger partial charge in [-0.3, -0.25) is 14.5 Å². The number of carbonyl (C=O) groups is 2. The Kier molecular flexibility index (Phi) is 6.53. The third kappa shape index (κ3) is 4.66. The number of hydrogen-bond acceptors (Lipinski definition) is 5. The number of fused-ring (bicyclic) bond motifs is 1. The average molecular weight is 509 g/mol. The molecule has 6 nitrogen and oxygen atoms in total. The molecule has 0 spiro atoms. The molecular weight excluding hydrogens is 476 g/mol. The molecule has 35 heavy (non-hydrogen) atoms. The summed E-state index contributed by atoms with van der Waals surface area (Å²) in [4.78, 5) is 30.5. The lowest BCUT2D eigenvalue weighted by atomic mass is 9.87. The molecule has 0 radical (unpaired) electrons. The molecule has 2 amide bonds. The van der Waals surface area contributed by atoms with Gasteiger partial charge in [-0.05, 0) is 54.3 Å². The Balaban J connectivity index is 1.73. The molecule has 0 saturated carbocycles. The minimum absolute atomic E-state index is 0.00903. The predicted octanol–water partition coefficient (Wildman–Crippen LogP) is 5.33. The molecule has 0 unspecified atom stereocenters. The molecule has 184 valence electrons. The van der Waals surface area contributed by atoms with Gasteiger partial charge in [-0.2, -0.15) is 16.4 Å². The Bertz CT molecular complexity index is 1220. The van der Waals surface area contributed by atoms with Gasteiger partial charge in [0.05, 0.1) is 22.4 Å². The Morgan fingerprint density at radius 3 is 2.46 bits per heavy atom. The normalized spacial score (nSPS) is 18.6. The molecule has 5 rings (SSSR count). The van der Waals surface area contributed by atoms with Crippen molar-refractivity contribution in [3.05, 3.63) is 63.5 Å². The first-order valence-corrected chi connectivity index (χ1v) is 14.2. The van der Waals surface area contributed by atoms with Crippen molar-refractivity contribution >= 4 is 40.7 Å². The van der Waals surface area contributed by atoms with Crippen molar-refractivity contribution in [3.8, 4) is 5.69 Å². The number of hydrogen-bond donors (Lipinski definition) is 0. The summed E-state index contributed by atoms with van der Waals surface area (Å²) in [6.07, 6.45) is 2.05. The molecule has 1 fully saturated rings. The van der Waals surface area contributed by atoms with Crippen molar-refractivity contribution in [2.24, 2.45) is 0 Å². The molecule has 1 aromatic carbocycles. The number of benzene rings is 1. The number of aromatic nitrogens is 2. The Morgan fingerprint density at radius 1 is 1.11 bits per heavy atom. The summed E-state index contributed by atoms with van der Waals surface area (Å²) in [5, 5.41) is 9.36. The fourth-order valence-electron chi connectivity index (χ4n) is 4.83. The SMILES string of the molecule is Cc1ccc(-n2nc(C(C)(C)C)c3c2N(CC(=O)N2CCCC2)C(=O)CS[C@@H]3c2ccsc2)cc1. The van der Waals surface area contributed by atoms with Crippen LogP contribution in [-0.4, -0.2) is 51.9 Å². The molecule has 8 heteroatoms. The molecular formula is C27H32N4O2S2. The second-order valence-corrected chi connectivity index (χ2v) is 12.3. The van der Waals surface area contributed by atoms with Crippen molar-refractivity contribution < 1.29 is 9.59 Å². The van der Waals surface area contributed by atoms with Gasteiger partial charge in [-0.25, -0.2) is 4.68 Å². The van der Waals surface area contributed by atoms with Crippen LogP contribution in [0.5, 0.6) is 0 Å². The number of aryl methyl sites for hydroxylation is 1. The fourth-order valence-corrected chi connectivity index (χ4v) is 6.79. The van der Waals surface area contributed by atoms with Crippen LogP contribution >= 0.6 is 23.1 Å². The monoisotopic (exact) mass is 508 g/mol. The van der Waals surface area contributed by atoms with Crippen LogP contribution in [0.3, 0.4) is 0 Å². The van der Waals surface area contributed by atoms with Crippen molar-refractivity contribution in [2.45, 2.75) is 51.2 Å². The summed E-state index contributed by atoms with van der Waals surface area (Å²) in [6.45, 7) is 10.1. The summed E-state index contributed by atoms with van der Waals surface area (Å²) in [5.41, 5.74) is 4.99. The zero-order valence-electron chi connectivity index (χ0n) is 20.8. The number of nitrogens with zero attached hydrogens (tertiary/aromatic N) is 4. The minimum Gasteiger partial charge on any atom is -0.341 e. The van der Waals surface area contributed by atoms with E-state index in [1.807, 2.05) is 21.7 Å². The van der Waals surface area contributed by atoms with Crippen molar-refractivity contribution in [2.75, 3.05) is 30.3 Å². The van der Waals surface area contributed by atoms with E-state index in [1.54, 1.807) is 28.0 Å². The largest absolute Gasteiger partial charge is 0.341 e. The van der Waals surface area contributed by atoms with Gasteiger partial charge < -0.3 is 4.90 Å². The van der Waals surface area contributed by atoms with Gasteiger partial charge in [0.25, 0.3) is 0 Å². The smallest absolute Gasteiger partial charge is 0.242 e. The van der Waals surface area contributed by atoms with E-state index in [1.165, 1.54) is 5.56 Å². The second-order valence-electron chi connectivity index (χ2n) is 10.4. The number of anilines is 1. The number of thioether (sulfide) groups is 1. The second kappa shape index (κ2) is 9.47. The summed E-state index contributed by atoms with van der Waals surface area (Å²) < 4.78 is 1.90. The number of thiophene rings is 1. The molecule has 4 heterocycles. The highest BCUT2D eigenvalue weighted by Gasteiger charge is 2.40. The molecule has 1 atom stereocenters. The first-order chi connectivity index (χ1) is 16.7. The van der Waals surface area contributed by atoms with Gasteiger partial charge in [-0.1, -0.05) is 38.5 Å². The van der Waals surface area contributed by atoms with E-state index in [0.29, 0.717) is 5.75 Å². The van der Waals surface area contributed by atoms with E-state index >= 15 is 0 Å². The number of likely N-dealkylation sites (tertiary alicyclic amines) is 1. The van der Waals surface area contributed by atoms with Gasteiger partial charge >= 0.3 is 0 Å². The highest BCUT2D eigenvalue weighted by Crippen LogP contribution is 2.48. The lowest BCUT2D eigenvalue weighted by Gasteiger charge is -2.26. The quantitative estimate of drug-likeness (QED) is 0.478. The maximum absolute atomic E-state index is 13.6. The van der Waals surface area contributed by atoms with Gasteiger partial charge in [0, 0.05) is 24.1 Å². The summed E-state index contributed by atoms with van der Waals surface area (Å²) in [5.74, 6) is 1.02. The lowest BCUT2D eigenvalue weighted by Crippen LogP contribution is -2.43. The predicted molar refractivity (Wildman–Crippen MR) is 144 cm³/mol. The van der Waals surface area contributed by atoms with Gasteiger partial charge in [0.15, 0.2) is 0 Å². The number of amides is 2. The Labute approximate surface area is 215 Å². The van der Waals surface area contributed by atoms with Crippen molar-refractivity contribution in [1.29, 1.82) is 0 Å². The van der Waals surface area contributed by atoms with Crippen LogP contribution in [0.15, 0.2) is 41.1 Å². The molecule has 2 aliphatic rings. The summed E-state index contributed by atoms with van der Waals surface area (Å²) in [7, 11) is 0. The van der Waals surface area contributed by atoms with Crippen molar-refractivity contribution in [1.82, 2.24) is 14.7 Å². The minimum atomic E-state index is -0.243. The summed E-state index contributed by atoms with van der Waals surface area (Å²) in [6, 6.07) is 10.3. The maximum Gasteiger partial charge on any atom is 0.242 e. The molecule has 0 N–H and O–H groups in total. The van der Waals surface area contributed by atoms with E-state index in [9.17, 15) is 9.59 Å². The van der Waals surface area contributed by atoms with E-state index in [0.717, 1.165) is 54.3 Å². The van der Waals surface area contributed by atoms with Crippen LogP contribution in [0.25, 0.3) is 5.69 Å². The maximum atomic E-state index is 13.6. The van der Waals surface area contributed by atoms with Crippen LogP contribution in [-0.2, 0) is 15.0 Å². The van der Waals surface area contributed by atoms with Gasteiger partial charge in [0.2, 0.25) is 11.8 Å². The zero-order chi connectivity index (χ0) is 24.7. The van der Waals surface area contributed by atoms with Gasteiger partial charge in [-0.15, -0.1) is 11.8 Å². The molecule has 0 aliphatic carbocycles. The first-order valence-electron chi connectivity index (χ1n) is 12.2. The Hall–Kier alpha value is -2.58. The van der Waals surface area contributed by atoms with Crippen LogP contribution in [0.2, 0.25) is 0 Å². The summed E-state index contributed by atoms with van der Waals surface area (Å²) >= 11 is 3.30. The highest BCUT2D eigenvalue weighted by molar-refractivity contribution is 8.00. The molecule has 2 aromatic heterocycles. The van der Waals surface area contributed by atoms with Crippen LogP contribution in [0.1, 0.15) is 61.2 Å². The highest BCUT2D eigenvalue weighted by atomic mass is 32.2. The molecule has 1 saturated heterocycles. The van der Waals surface area contributed by atoms with Crippen LogP contribution in [0.4, 0.5) is 5.82 Å². The zero-order valence-corrected chi connectivity index (χ0v) is 22.4. The van der Waals surface area contributed by atoms with Gasteiger partial charge in [0.1, 0.15) is 12.4 Å². The standard InChI is InChI=1S/C27H32N4O2S2/c1-18-7-9-20(10-8-18)31-26-23(25(28-31)27(2,3)4)24(19-11-14-34-16-19)35-17-22(33)30(26)15-21(32)29-12-5-6-13-29/h7-11,14,16,24H,5-6,12-13,15,17H2,1-4H3/t24-/m1/s1. The average Bonchev–Trinajstić information content (AvgIpc) is 3.57.